The second kappa shape index (κ2) is 7.78. The number of carbonyl (C=O) groups is 1. The lowest BCUT2D eigenvalue weighted by molar-refractivity contribution is -0.122. The maximum Gasteiger partial charge on any atom is 0.223 e. The summed E-state index contributed by atoms with van der Waals surface area (Å²) in [5, 5.41) is 5.98. The molecule has 0 aliphatic rings. The van der Waals surface area contributed by atoms with Crippen LogP contribution in [0.2, 0.25) is 0 Å². The van der Waals surface area contributed by atoms with Crippen molar-refractivity contribution in [2.24, 2.45) is 0 Å². The van der Waals surface area contributed by atoms with Gasteiger partial charge in [0.15, 0.2) is 0 Å². The zero-order valence-corrected chi connectivity index (χ0v) is 13.2. The maximum atomic E-state index is 12.0. The maximum absolute atomic E-state index is 12.0. The summed E-state index contributed by atoms with van der Waals surface area (Å²) in [6.45, 7) is 4.38. The first-order valence-electron chi connectivity index (χ1n) is 7.08. The Balaban J connectivity index is 1.78. The minimum Gasteiger partial charge on any atom is -0.493 e. The Bertz CT molecular complexity index is 569. The fraction of sp³-hybridized carbons (Fsp3) is 0.375. The number of nitrogens with zero attached hydrogens (tertiary/aromatic N) is 1. The Labute approximate surface area is 129 Å². The van der Waals surface area contributed by atoms with E-state index in [1.54, 1.807) is 11.3 Å². The van der Waals surface area contributed by atoms with E-state index >= 15 is 0 Å². The lowest BCUT2D eigenvalue weighted by Crippen LogP contribution is -2.29. The van der Waals surface area contributed by atoms with Gasteiger partial charge in [0, 0.05) is 11.1 Å². The van der Waals surface area contributed by atoms with Gasteiger partial charge in [0.2, 0.25) is 5.91 Å². The molecule has 1 atom stereocenters. The van der Waals surface area contributed by atoms with Crippen LogP contribution in [0.25, 0.3) is 0 Å². The fourth-order valence-corrected chi connectivity index (χ4v) is 2.85. The van der Waals surface area contributed by atoms with E-state index in [1.807, 2.05) is 49.6 Å². The van der Waals surface area contributed by atoms with Crippen molar-refractivity contribution >= 4 is 17.2 Å². The molecular weight excluding hydrogens is 284 g/mol. The normalized spacial score (nSPS) is 11.9. The monoisotopic (exact) mass is 304 g/mol. The number of aromatic nitrogens is 1. The number of carbonyl (C=O) groups excluding carboxylic acids is 1. The highest BCUT2D eigenvalue weighted by atomic mass is 32.1. The van der Waals surface area contributed by atoms with Gasteiger partial charge in [0.25, 0.3) is 0 Å². The lowest BCUT2D eigenvalue weighted by atomic mass is 10.2. The van der Waals surface area contributed by atoms with Crippen molar-refractivity contribution in [1.29, 1.82) is 0 Å². The van der Waals surface area contributed by atoms with E-state index in [9.17, 15) is 4.79 Å². The highest BCUT2D eigenvalue weighted by Gasteiger charge is 2.15. The van der Waals surface area contributed by atoms with Crippen LogP contribution in [-0.2, 0) is 4.79 Å². The zero-order valence-electron chi connectivity index (χ0n) is 12.3. The Morgan fingerprint density at radius 1 is 1.38 bits per heavy atom. The predicted octanol–water partition coefficient (Wildman–Crippen LogP) is 3.49. The van der Waals surface area contributed by atoms with Gasteiger partial charge in [-0.25, -0.2) is 4.98 Å². The number of amides is 1. The number of para-hydroxylation sites is 1. The second-order valence-electron chi connectivity index (χ2n) is 4.77. The van der Waals surface area contributed by atoms with Crippen LogP contribution in [0.4, 0.5) is 0 Å². The minimum absolute atomic E-state index is 0.00655. The van der Waals surface area contributed by atoms with Crippen molar-refractivity contribution in [1.82, 2.24) is 10.3 Å². The van der Waals surface area contributed by atoms with Crippen molar-refractivity contribution in [2.45, 2.75) is 32.7 Å². The fourth-order valence-electron chi connectivity index (χ4n) is 1.92. The first-order chi connectivity index (χ1) is 10.2. The van der Waals surface area contributed by atoms with E-state index in [0.29, 0.717) is 13.0 Å². The molecule has 1 aromatic heterocycles. The molecule has 2 aromatic rings. The quantitative estimate of drug-likeness (QED) is 0.852. The van der Waals surface area contributed by atoms with E-state index in [2.05, 4.69) is 10.3 Å². The smallest absolute Gasteiger partial charge is 0.223 e. The summed E-state index contributed by atoms with van der Waals surface area (Å²) < 4.78 is 5.53. The molecule has 1 aromatic carbocycles. The van der Waals surface area contributed by atoms with Gasteiger partial charge in [0.05, 0.1) is 19.1 Å². The van der Waals surface area contributed by atoms with Gasteiger partial charge in [-0.3, -0.25) is 4.79 Å². The molecule has 0 bridgehead atoms. The molecule has 0 aliphatic carbocycles. The molecular formula is C16H20N2O2S. The van der Waals surface area contributed by atoms with Crippen molar-refractivity contribution in [3.05, 3.63) is 46.4 Å². The number of hydrogen-bond acceptors (Lipinski definition) is 4. The molecule has 0 saturated carbocycles. The van der Waals surface area contributed by atoms with Crippen LogP contribution in [0.5, 0.6) is 5.75 Å². The Kier molecular flexibility index (Phi) is 5.75. The summed E-state index contributed by atoms with van der Waals surface area (Å²) in [6.07, 6.45) is 1.17. The first kappa shape index (κ1) is 15.5. The number of benzene rings is 1. The van der Waals surface area contributed by atoms with E-state index in [0.717, 1.165) is 22.9 Å². The standard InChI is InChI=1S/C16H20N2O2S/c1-3-14(16-17-12(2)11-21-16)18-15(19)9-10-20-13-7-5-4-6-8-13/h4-8,11,14H,3,9-10H2,1-2H3,(H,18,19). The number of ether oxygens (including phenoxy) is 1. The summed E-state index contributed by atoms with van der Waals surface area (Å²) >= 11 is 1.59. The minimum atomic E-state index is -0.00867. The molecule has 0 saturated heterocycles. The predicted molar refractivity (Wildman–Crippen MR) is 84.6 cm³/mol. The topological polar surface area (TPSA) is 51.2 Å². The van der Waals surface area contributed by atoms with Gasteiger partial charge in [-0.2, -0.15) is 0 Å². The van der Waals surface area contributed by atoms with Crippen molar-refractivity contribution in [3.8, 4) is 5.75 Å². The van der Waals surface area contributed by atoms with Crippen LogP contribution < -0.4 is 10.1 Å². The Morgan fingerprint density at radius 3 is 2.76 bits per heavy atom. The van der Waals surface area contributed by atoms with Crippen LogP contribution in [0.3, 0.4) is 0 Å². The van der Waals surface area contributed by atoms with Gasteiger partial charge >= 0.3 is 0 Å². The summed E-state index contributed by atoms with van der Waals surface area (Å²) in [7, 11) is 0. The SMILES string of the molecule is CCC(NC(=O)CCOc1ccccc1)c1nc(C)cs1. The summed E-state index contributed by atoms with van der Waals surface area (Å²) in [6, 6.07) is 9.51. The largest absolute Gasteiger partial charge is 0.493 e. The third-order valence-electron chi connectivity index (χ3n) is 3.02. The average Bonchev–Trinajstić information content (AvgIpc) is 2.92. The highest BCUT2D eigenvalue weighted by Crippen LogP contribution is 2.20. The molecule has 1 amide bonds. The summed E-state index contributed by atoms with van der Waals surface area (Å²) in [5.74, 6) is 0.776. The average molecular weight is 304 g/mol. The van der Waals surface area contributed by atoms with E-state index in [4.69, 9.17) is 4.74 Å². The number of thiazole rings is 1. The van der Waals surface area contributed by atoms with Crippen molar-refractivity contribution in [3.63, 3.8) is 0 Å². The Morgan fingerprint density at radius 2 is 2.14 bits per heavy atom. The molecule has 0 spiro atoms. The summed E-state index contributed by atoms with van der Waals surface area (Å²) in [5.41, 5.74) is 0.995. The van der Waals surface area contributed by atoms with Crippen LogP contribution in [0, 0.1) is 6.92 Å². The molecule has 1 unspecified atom stereocenters. The van der Waals surface area contributed by atoms with Crippen molar-refractivity contribution < 1.29 is 9.53 Å². The molecule has 2 rings (SSSR count). The molecule has 5 heteroatoms. The number of rotatable bonds is 7. The van der Waals surface area contributed by atoms with Crippen molar-refractivity contribution in [2.75, 3.05) is 6.61 Å². The van der Waals surface area contributed by atoms with Gasteiger partial charge in [-0.15, -0.1) is 11.3 Å². The van der Waals surface area contributed by atoms with Crippen LogP contribution in [0.15, 0.2) is 35.7 Å². The number of nitrogens with one attached hydrogen (secondary N) is 1. The van der Waals surface area contributed by atoms with Crippen LogP contribution in [0.1, 0.15) is 36.5 Å². The van der Waals surface area contributed by atoms with Crippen LogP contribution >= 0.6 is 11.3 Å². The molecule has 0 aliphatic heterocycles. The molecule has 0 radical (unpaired) electrons. The first-order valence-corrected chi connectivity index (χ1v) is 7.96. The van der Waals surface area contributed by atoms with Gasteiger partial charge in [-0.05, 0) is 25.5 Å². The van der Waals surface area contributed by atoms with E-state index in [-0.39, 0.29) is 11.9 Å². The molecule has 1 heterocycles. The molecule has 21 heavy (non-hydrogen) atoms. The molecule has 4 nitrogen and oxygen atoms in total. The third kappa shape index (κ3) is 4.86. The molecule has 1 N–H and O–H groups in total. The highest BCUT2D eigenvalue weighted by molar-refractivity contribution is 7.09. The lowest BCUT2D eigenvalue weighted by Gasteiger charge is -2.14. The molecule has 0 fully saturated rings. The van der Waals surface area contributed by atoms with E-state index < -0.39 is 0 Å². The van der Waals surface area contributed by atoms with Gasteiger partial charge in [0.1, 0.15) is 10.8 Å². The number of hydrogen-bond donors (Lipinski definition) is 1. The van der Waals surface area contributed by atoms with Crippen LogP contribution in [-0.4, -0.2) is 17.5 Å². The Hall–Kier alpha value is -1.88. The van der Waals surface area contributed by atoms with Gasteiger partial charge in [-0.1, -0.05) is 25.1 Å². The van der Waals surface area contributed by atoms with Gasteiger partial charge < -0.3 is 10.1 Å². The zero-order chi connectivity index (χ0) is 15.1. The third-order valence-corrected chi connectivity index (χ3v) is 4.10. The second-order valence-corrected chi connectivity index (χ2v) is 5.66. The van der Waals surface area contributed by atoms with E-state index in [1.165, 1.54) is 0 Å². The summed E-state index contributed by atoms with van der Waals surface area (Å²) in [4.78, 5) is 16.4. The number of aryl methyl sites for hydroxylation is 1. The molecule has 112 valence electrons.